The summed E-state index contributed by atoms with van der Waals surface area (Å²) in [6.07, 6.45) is 0.140. The number of hydrogen-bond donors (Lipinski definition) is 2. The molecule has 7 heteroatoms. The van der Waals surface area contributed by atoms with Crippen molar-refractivity contribution >= 4 is 22.0 Å². The lowest BCUT2D eigenvalue weighted by atomic mass is 10.3. The molecule has 0 atom stereocenters. The van der Waals surface area contributed by atoms with E-state index in [1.807, 2.05) is 11.7 Å². The largest absolute Gasteiger partial charge is 0.448 e. The summed E-state index contributed by atoms with van der Waals surface area (Å²) in [6.45, 7) is 3.55. The highest BCUT2D eigenvalue weighted by molar-refractivity contribution is 9.10. The van der Waals surface area contributed by atoms with E-state index in [4.69, 9.17) is 5.73 Å². The number of carbonyl (C=O) groups excluding carboxylic acids is 1. The number of ether oxygens (including phenoxy) is 1. The first-order valence-corrected chi connectivity index (χ1v) is 6.18. The van der Waals surface area contributed by atoms with Crippen molar-refractivity contribution in [1.29, 1.82) is 0 Å². The van der Waals surface area contributed by atoms with Gasteiger partial charge in [0.15, 0.2) is 0 Å². The van der Waals surface area contributed by atoms with Crippen LogP contribution in [0.25, 0.3) is 0 Å². The molecule has 0 aliphatic heterocycles. The number of aromatic nitrogens is 2. The van der Waals surface area contributed by atoms with E-state index in [2.05, 4.69) is 38.0 Å². The van der Waals surface area contributed by atoms with E-state index in [9.17, 15) is 4.79 Å². The van der Waals surface area contributed by atoms with Crippen LogP contribution in [0, 0.1) is 0 Å². The van der Waals surface area contributed by atoms with Gasteiger partial charge in [0.25, 0.3) is 0 Å². The Kier molecular flexibility index (Phi) is 5.43. The van der Waals surface area contributed by atoms with Crippen LogP contribution in [0.5, 0.6) is 0 Å². The fourth-order valence-corrected chi connectivity index (χ4v) is 2.20. The quantitative estimate of drug-likeness (QED) is 0.766. The molecule has 0 aliphatic rings. The zero-order valence-electron chi connectivity index (χ0n) is 9.99. The zero-order chi connectivity index (χ0) is 12.8. The van der Waals surface area contributed by atoms with Gasteiger partial charge in [-0.2, -0.15) is 5.10 Å². The molecule has 0 bridgehead atoms. The molecule has 0 unspecified atom stereocenters. The highest BCUT2D eigenvalue weighted by Gasteiger charge is 2.11. The molecule has 0 saturated carbocycles. The van der Waals surface area contributed by atoms with E-state index in [0.29, 0.717) is 13.1 Å². The fraction of sp³-hybridized carbons (Fsp3) is 0.600. The van der Waals surface area contributed by atoms with Crippen LogP contribution >= 0.6 is 15.9 Å². The number of nitrogens with zero attached hydrogens (tertiary/aromatic N) is 2. The average molecular weight is 305 g/mol. The van der Waals surface area contributed by atoms with Gasteiger partial charge in [0.2, 0.25) is 0 Å². The van der Waals surface area contributed by atoms with Crippen molar-refractivity contribution in [2.75, 3.05) is 13.2 Å². The summed E-state index contributed by atoms with van der Waals surface area (Å²) in [5, 5.41) is 7.53. The normalized spacial score (nSPS) is 10.5. The highest BCUT2D eigenvalue weighted by atomic mass is 79.9. The summed E-state index contributed by atoms with van der Waals surface area (Å²) in [4.78, 5) is 10.3. The maximum absolute atomic E-state index is 10.3. The van der Waals surface area contributed by atoms with Crippen LogP contribution in [0.4, 0.5) is 4.79 Å². The first-order chi connectivity index (χ1) is 8.06. The molecule has 0 aliphatic carbocycles. The molecule has 96 valence electrons. The third-order valence-corrected chi connectivity index (χ3v) is 3.23. The number of hydrogen-bond acceptors (Lipinski definition) is 4. The Bertz CT molecular complexity index is 392. The Labute approximate surface area is 109 Å². The SMILES string of the molecule is CCc1nn(C)c(CNCCOC(N)=O)c1Br. The van der Waals surface area contributed by atoms with Crippen LogP contribution in [-0.4, -0.2) is 29.0 Å². The van der Waals surface area contributed by atoms with Gasteiger partial charge in [-0.15, -0.1) is 0 Å². The van der Waals surface area contributed by atoms with Crippen LogP contribution in [0.3, 0.4) is 0 Å². The highest BCUT2D eigenvalue weighted by Crippen LogP contribution is 2.21. The van der Waals surface area contributed by atoms with E-state index < -0.39 is 6.09 Å². The number of nitrogens with one attached hydrogen (secondary N) is 1. The minimum atomic E-state index is -0.748. The molecule has 6 nitrogen and oxygen atoms in total. The number of aryl methyl sites for hydroxylation is 2. The van der Waals surface area contributed by atoms with Gasteiger partial charge in [0.05, 0.1) is 15.9 Å². The number of carbonyl (C=O) groups is 1. The smallest absolute Gasteiger partial charge is 0.404 e. The molecule has 1 aromatic rings. The van der Waals surface area contributed by atoms with E-state index in [-0.39, 0.29) is 6.61 Å². The van der Waals surface area contributed by atoms with Gasteiger partial charge in [-0.05, 0) is 22.4 Å². The van der Waals surface area contributed by atoms with Gasteiger partial charge in [-0.1, -0.05) is 6.92 Å². The Morgan fingerprint density at radius 2 is 2.35 bits per heavy atom. The van der Waals surface area contributed by atoms with Gasteiger partial charge < -0.3 is 15.8 Å². The van der Waals surface area contributed by atoms with Crippen molar-refractivity contribution in [2.45, 2.75) is 19.9 Å². The summed E-state index contributed by atoms with van der Waals surface area (Å²) < 4.78 is 7.48. The van der Waals surface area contributed by atoms with Gasteiger partial charge in [-0.25, -0.2) is 4.79 Å². The first-order valence-electron chi connectivity index (χ1n) is 5.39. The summed E-state index contributed by atoms with van der Waals surface area (Å²) >= 11 is 3.53. The molecule has 0 radical (unpaired) electrons. The van der Waals surface area contributed by atoms with E-state index in [1.165, 1.54) is 0 Å². The van der Waals surface area contributed by atoms with Crippen LogP contribution in [0.2, 0.25) is 0 Å². The summed E-state index contributed by atoms with van der Waals surface area (Å²) in [6, 6.07) is 0. The lowest BCUT2D eigenvalue weighted by Crippen LogP contribution is -2.24. The maximum atomic E-state index is 10.3. The number of primary amides is 1. The van der Waals surface area contributed by atoms with Crippen LogP contribution < -0.4 is 11.1 Å². The molecule has 0 aromatic carbocycles. The fourth-order valence-electron chi connectivity index (χ4n) is 1.44. The second kappa shape index (κ2) is 6.61. The van der Waals surface area contributed by atoms with Crippen molar-refractivity contribution in [3.05, 3.63) is 15.9 Å². The Hall–Kier alpha value is -1.08. The van der Waals surface area contributed by atoms with Crippen molar-refractivity contribution in [3.8, 4) is 0 Å². The van der Waals surface area contributed by atoms with Crippen molar-refractivity contribution in [2.24, 2.45) is 12.8 Å². The van der Waals surface area contributed by atoms with Crippen molar-refractivity contribution in [1.82, 2.24) is 15.1 Å². The Balaban J connectivity index is 2.41. The Morgan fingerprint density at radius 1 is 1.65 bits per heavy atom. The average Bonchev–Trinajstić information content (AvgIpc) is 2.54. The second-order valence-corrected chi connectivity index (χ2v) is 4.32. The Morgan fingerprint density at radius 3 is 2.88 bits per heavy atom. The first kappa shape index (κ1) is 14.0. The van der Waals surface area contributed by atoms with Crippen LogP contribution in [0.1, 0.15) is 18.3 Å². The topological polar surface area (TPSA) is 82.2 Å². The number of nitrogens with two attached hydrogens (primary N) is 1. The molecule has 0 spiro atoms. The monoisotopic (exact) mass is 304 g/mol. The van der Waals surface area contributed by atoms with Gasteiger partial charge in [0.1, 0.15) is 6.61 Å². The van der Waals surface area contributed by atoms with Gasteiger partial charge in [0, 0.05) is 20.1 Å². The lowest BCUT2D eigenvalue weighted by Gasteiger charge is -2.05. The number of rotatable bonds is 6. The second-order valence-electron chi connectivity index (χ2n) is 3.53. The predicted octanol–water partition coefficient (Wildman–Crippen LogP) is 0.930. The molecule has 1 aromatic heterocycles. The molecule has 1 rings (SSSR count). The van der Waals surface area contributed by atoms with Crippen LogP contribution in [-0.2, 0) is 24.8 Å². The van der Waals surface area contributed by atoms with Gasteiger partial charge in [-0.3, -0.25) is 4.68 Å². The minimum absolute atomic E-state index is 0.269. The zero-order valence-corrected chi connectivity index (χ0v) is 11.6. The van der Waals surface area contributed by atoms with Gasteiger partial charge >= 0.3 is 6.09 Å². The van der Waals surface area contributed by atoms with E-state index >= 15 is 0 Å². The van der Waals surface area contributed by atoms with Crippen LogP contribution in [0.15, 0.2) is 4.47 Å². The molecular weight excluding hydrogens is 288 g/mol. The molecule has 3 N–H and O–H groups in total. The molecule has 1 amide bonds. The molecular formula is C10H17BrN4O2. The third-order valence-electron chi connectivity index (χ3n) is 2.32. The predicted molar refractivity (Wildman–Crippen MR) is 67.5 cm³/mol. The summed E-state index contributed by atoms with van der Waals surface area (Å²) in [7, 11) is 1.90. The summed E-state index contributed by atoms with van der Waals surface area (Å²) in [5.74, 6) is 0. The minimum Gasteiger partial charge on any atom is -0.448 e. The number of halogens is 1. The standard InChI is InChI=1S/C10H17BrN4O2/c1-3-7-9(11)8(15(2)14-7)6-13-4-5-17-10(12)16/h13H,3-6H2,1-2H3,(H2,12,16). The lowest BCUT2D eigenvalue weighted by molar-refractivity contribution is 0.157. The van der Waals surface area contributed by atoms with E-state index in [1.54, 1.807) is 0 Å². The molecule has 0 fully saturated rings. The van der Waals surface area contributed by atoms with E-state index in [0.717, 1.165) is 22.3 Å². The van der Waals surface area contributed by atoms with Crippen molar-refractivity contribution < 1.29 is 9.53 Å². The van der Waals surface area contributed by atoms with Crippen molar-refractivity contribution in [3.63, 3.8) is 0 Å². The number of amides is 1. The third kappa shape index (κ3) is 4.01. The maximum Gasteiger partial charge on any atom is 0.404 e. The molecule has 17 heavy (non-hydrogen) atoms. The summed E-state index contributed by atoms with van der Waals surface area (Å²) in [5.41, 5.74) is 6.95. The molecule has 0 saturated heterocycles. The molecule has 1 heterocycles.